The molecular formula is C16H22N2O2. The maximum atomic E-state index is 12.3. The van der Waals surface area contributed by atoms with Crippen LogP contribution in [0, 0.1) is 12.8 Å². The van der Waals surface area contributed by atoms with Gasteiger partial charge in [-0.2, -0.15) is 0 Å². The summed E-state index contributed by atoms with van der Waals surface area (Å²) in [7, 11) is 1.77. The minimum atomic E-state index is -0.308. The Morgan fingerprint density at radius 3 is 2.45 bits per heavy atom. The van der Waals surface area contributed by atoms with Crippen molar-refractivity contribution >= 4 is 11.8 Å². The largest absolute Gasteiger partial charge is 0.354 e. The molecule has 108 valence electrons. The van der Waals surface area contributed by atoms with Gasteiger partial charge in [-0.25, -0.2) is 0 Å². The minimum Gasteiger partial charge on any atom is -0.354 e. The summed E-state index contributed by atoms with van der Waals surface area (Å²) in [6, 6.07) is 7.96. The molecule has 4 nitrogen and oxygen atoms in total. The van der Waals surface area contributed by atoms with Crippen LogP contribution >= 0.6 is 0 Å². The SMILES string of the molecule is Cc1ccc([C@H]2[C@H](C(=O)NC(C)C)CC(=O)N2C)cc1. The average molecular weight is 274 g/mol. The Labute approximate surface area is 120 Å². The summed E-state index contributed by atoms with van der Waals surface area (Å²) < 4.78 is 0. The Morgan fingerprint density at radius 2 is 1.90 bits per heavy atom. The lowest BCUT2D eigenvalue weighted by Gasteiger charge is -2.25. The molecule has 2 amide bonds. The second-order valence-corrected chi connectivity index (χ2v) is 5.83. The van der Waals surface area contributed by atoms with E-state index in [1.165, 1.54) is 5.56 Å². The molecule has 1 aliphatic rings. The van der Waals surface area contributed by atoms with Gasteiger partial charge in [-0.1, -0.05) is 29.8 Å². The number of likely N-dealkylation sites (tertiary alicyclic amines) is 1. The third kappa shape index (κ3) is 2.84. The average Bonchev–Trinajstić information content (AvgIpc) is 2.67. The molecule has 1 aromatic rings. The molecule has 2 rings (SSSR count). The maximum Gasteiger partial charge on any atom is 0.226 e. The Morgan fingerprint density at radius 1 is 1.30 bits per heavy atom. The van der Waals surface area contributed by atoms with Gasteiger partial charge in [-0.15, -0.1) is 0 Å². The zero-order chi connectivity index (χ0) is 14.9. The first-order valence-electron chi connectivity index (χ1n) is 7.02. The molecule has 0 unspecified atom stereocenters. The normalized spacial score (nSPS) is 22.4. The van der Waals surface area contributed by atoms with Crippen LogP contribution in [0.3, 0.4) is 0 Å². The Bertz CT molecular complexity index is 508. The number of nitrogens with one attached hydrogen (secondary N) is 1. The van der Waals surface area contributed by atoms with Gasteiger partial charge in [0.1, 0.15) is 0 Å². The maximum absolute atomic E-state index is 12.3. The van der Waals surface area contributed by atoms with Crippen molar-refractivity contribution in [2.75, 3.05) is 7.05 Å². The van der Waals surface area contributed by atoms with Gasteiger partial charge in [0.05, 0.1) is 12.0 Å². The van der Waals surface area contributed by atoms with E-state index >= 15 is 0 Å². The molecule has 1 aromatic carbocycles. The third-order valence-electron chi connectivity index (χ3n) is 3.77. The van der Waals surface area contributed by atoms with E-state index in [9.17, 15) is 9.59 Å². The number of rotatable bonds is 3. The van der Waals surface area contributed by atoms with E-state index < -0.39 is 0 Å². The van der Waals surface area contributed by atoms with Gasteiger partial charge in [-0.05, 0) is 26.3 Å². The number of hydrogen-bond acceptors (Lipinski definition) is 2. The standard InChI is InChI=1S/C16H22N2O2/c1-10(2)17-16(20)13-9-14(19)18(4)15(13)12-7-5-11(3)6-8-12/h5-8,10,13,15H,9H2,1-4H3,(H,17,20)/t13-,15+/m1/s1. The number of benzene rings is 1. The van der Waals surface area contributed by atoms with E-state index in [2.05, 4.69) is 5.32 Å². The molecule has 20 heavy (non-hydrogen) atoms. The molecule has 0 spiro atoms. The van der Waals surface area contributed by atoms with Crippen LogP contribution in [0.25, 0.3) is 0 Å². The van der Waals surface area contributed by atoms with Gasteiger partial charge in [0.25, 0.3) is 0 Å². The summed E-state index contributed by atoms with van der Waals surface area (Å²) in [4.78, 5) is 26.0. The number of carbonyl (C=O) groups is 2. The molecule has 2 atom stereocenters. The van der Waals surface area contributed by atoms with Crippen LogP contribution in [0.1, 0.15) is 37.4 Å². The van der Waals surface area contributed by atoms with Crippen LogP contribution in [0.5, 0.6) is 0 Å². The van der Waals surface area contributed by atoms with Crippen molar-refractivity contribution in [3.05, 3.63) is 35.4 Å². The van der Waals surface area contributed by atoms with Crippen molar-refractivity contribution < 1.29 is 9.59 Å². The molecule has 0 aliphatic carbocycles. The molecule has 0 radical (unpaired) electrons. The molecule has 1 heterocycles. The van der Waals surface area contributed by atoms with Crippen molar-refractivity contribution in [1.82, 2.24) is 10.2 Å². The predicted molar refractivity (Wildman–Crippen MR) is 78.1 cm³/mol. The van der Waals surface area contributed by atoms with Gasteiger partial charge in [-0.3, -0.25) is 9.59 Å². The number of carbonyl (C=O) groups excluding carboxylic acids is 2. The fraction of sp³-hybridized carbons (Fsp3) is 0.500. The fourth-order valence-corrected chi connectivity index (χ4v) is 2.72. The zero-order valence-electron chi connectivity index (χ0n) is 12.5. The summed E-state index contributed by atoms with van der Waals surface area (Å²) in [5.74, 6) is -0.319. The molecule has 4 heteroatoms. The summed E-state index contributed by atoms with van der Waals surface area (Å²) in [5, 5.41) is 2.92. The molecule has 1 fully saturated rings. The molecule has 1 aliphatic heterocycles. The summed E-state index contributed by atoms with van der Waals surface area (Å²) >= 11 is 0. The summed E-state index contributed by atoms with van der Waals surface area (Å²) in [6.07, 6.45) is 0.285. The molecule has 1 saturated heterocycles. The molecule has 0 aromatic heterocycles. The lowest BCUT2D eigenvalue weighted by molar-refractivity contribution is -0.128. The third-order valence-corrected chi connectivity index (χ3v) is 3.77. The van der Waals surface area contributed by atoms with E-state index in [0.717, 1.165) is 5.56 Å². The first kappa shape index (κ1) is 14.6. The molecule has 1 N–H and O–H groups in total. The van der Waals surface area contributed by atoms with E-state index in [-0.39, 0.29) is 36.2 Å². The topological polar surface area (TPSA) is 49.4 Å². The number of hydrogen-bond donors (Lipinski definition) is 1. The van der Waals surface area contributed by atoms with Gasteiger partial charge in [0.15, 0.2) is 0 Å². The summed E-state index contributed by atoms with van der Waals surface area (Å²) in [5.41, 5.74) is 2.19. The smallest absolute Gasteiger partial charge is 0.226 e. The Hall–Kier alpha value is -1.84. The van der Waals surface area contributed by atoms with E-state index in [0.29, 0.717) is 0 Å². The highest BCUT2D eigenvalue weighted by Gasteiger charge is 2.42. The van der Waals surface area contributed by atoms with Crippen LogP contribution in [0.15, 0.2) is 24.3 Å². The lowest BCUT2D eigenvalue weighted by atomic mass is 9.92. The van der Waals surface area contributed by atoms with Gasteiger partial charge in [0, 0.05) is 19.5 Å². The summed E-state index contributed by atoms with van der Waals surface area (Å²) in [6.45, 7) is 5.88. The highest BCUT2D eigenvalue weighted by Crippen LogP contribution is 2.37. The van der Waals surface area contributed by atoms with Crippen molar-refractivity contribution in [1.29, 1.82) is 0 Å². The van der Waals surface area contributed by atoms with Crippen molar-refractivity contribution in [2.24, 2.45) is 5.92 Å². The highest BCUT2D eigenvalue weighted by molar-refractivity contribution is 5.90. The molecular weight excluding hydrogens is 252 g/mol. The second kappa shape index (κ2) is 5.65. The van der Waals surface area contributed by atoms with Crippen LogP contribution in [-0.4, -0.2) is 29.8 Å². The van der Waals surface area contributed by atoms with E-state index in [1.807, 2.05) is 45.0 Å². The predicted octanol–water partition coefficient (Wildman–Crippen LogP) is 2.04. The van der Waals surface area contributed by atoms with Crippen LogP contribution in [0.4, 0.5) is 0 Å². The number of amides is 2. The fourth-order valence-electron chi connectivity index (χ4n) is 2.72. The number of aryl methyl sites for hydroxylation is 1. The van der Waals surface area contributed by atoms with E-state index in [4.69, 9.17) is 0 Å². The quantitative estimate of drug-likeness (QED) is 0.917. The first-order chi connectivity index (χ1) is 9.40. The van der Waals surface area contributed by atoms with Crippen LogP contribution in [-0.2, 0) is 9.59 Å². The van der Waals surface area contributed by atoms with Gasteiger partial charge in [0.2, 0.25) is 11.8 Å². The van der Waals surface area contributed by atoms with Crippen LogP contribution < -0.4 is 5.32 Å². The second-order valence-electron chi connectivity index (χ2n) is 5.83. The highest BCUT2D eigenvalue weighted by atomic mass is 16.2. The van der Waals surface area contributed by atoms with Crippen molar-refractivity contribution in [2.45, 2.75) is 39.3 Å². The molecule has 0 saturated carbocycles. The zero-order valence-corrected chi connectivity index (χ0v) is 12.5. The van der Waals surface area contributed by atoms with E-state index in [1.54, 1.807) is 11.9 Å². The van der Waals surface area contributed by atoms with Gasteiger partial charge >= 0.3 is 0 Å². The Balaban J connectivity index is 2.28. The van der Waals surface area contributed by atoms with Gasteiger partial charge < -0.3 is 10.2 Å². The van der Waals surface area contributed by atoms with Crippen LogP contribution in [0.2, 0.25) is 0 Å². The molecule has 0 bridgehead atoms. The Kier molecular flexibility index (Phi) is 4.12. The monoisotopic (exact) mass is 274 g/mol. The van der Waals surface area contributed by atoms with Crippen molar-refractivity contribution in [3.8, 4) is 0 Å². The number of nitrogens with zero attached hydrogens (tertiary/aromatic N) is 1. The lowest BCUT2D eigenvalue weighted by Crippen LogP contribution is -2.38. The van der Waals surface area contributed by atoms with Crippen molar-refractivity contribution in [3.63, 3.8) is 0 Å². The first-order valence-corrected chi connectivity index (χ1v) is 7.02. The minimum absolute atomic E-state index is 0.0273.